The van der Waals surface area contributed by atoms with Gasteiger partial charge in [0.15, 0.2) is 5.78 Å². The van der Waals surface area contributed by atoms with Crippen LogP contribution in [0.5, 0.6) is 0 Å². The molecule has 0 saturated carbocycles. The maximum atomic E-state index is 13.2. The number of methoxy groups -OCH3 is 1. The Balaban J connectivity index is 0.00000216. The molecule has 2 aromatic carbocycles. The van der Waals surface area contributed by atoms with E-state index in [1.165, 1.54) is 16.9 Å². The first-order valence-corrected chi connectivity index (χ1v) is 11.5. The number of fused-ring (bicyclic) bond motifs is 2. The summed E-state index contributed by atoms with van der Waals surface area (Å²) in [5.41, 5.74) is 4.45. The normalized spacial score (nSPS) is 10.8. The number of hydrogen-bond acceptors (Lipinski definition) is 6. The molecule has 4 rings (SSSR count). The van der Waals surface area contributed by atoms with Crippen molar-refractivity contribution in [2.24, 2.45) is 0 Å². The van der Waals surface area contributed by atoms with Crippen molar-refractivity contribution < 1.29 is 14.3 Å². The molecule has 0 aliphatic heterocycles. The summed E-state index contributed by atoms with van der Waals surface area (Å²) in [6.07, 6.45) is 0. The van der Waals surface area contributed by atoms with Gasteiger partial charge in [0.1, 0.15) is 5.82 Å². The lowest BCUT2D eigenvalue weighted by molar-refractivity contribution is 0.101. The van der Waals surface area contributed by atoms with Gasteiger partial charge in [-0.15, -0.1) is 36.2 Å². The van der Waals surface area contributed by atoms with Crippen molar-refractivity contribution >= 4 is 74.6 Å². The summed E-state index contributed by atoms with van der Waals surface area (Å²) in [7, 11) is 5.70. The Hall–Kier alpha value is -2.55. The van der Waals surface area contributed by atoms with E-state index in [9.17, 15) is 9.59 Å². The first-order valence-electron chi connectivity index (χ1n) is 10.7. The van der Waals surface area contributed by atoms with Gasteiger partial charge in [0.25, 0.3) is 5.91 Å². The first kappa shape index (κ1) is 28.7. The third kappa shape index (κ3) is 5.82. The number of hydrogen-bond donors (Lipinski definition) is 1. The number of nitrogens with zero attached hydrogens (tertiary/aromatic N) is 2. The minimum atomic E-state index is -0.233. The van der Waals surface area contributed by atoms with Crippen molar-refractivity contribution in [2.75, 3.05) is 26.5 Å². The number of pyridine rings is 1. The van der Waals surface area contributed by atoms with Crippen LogP contribution in [0.25, 0.3) is 21.0 Å². The average Bonchev–Trinajstić information content (AvgIpc) is 3.11. The van der Waals surface area contributed by atoms with Crippen molar-refractivity contribution in [3.05, 3.63) is 69.6 Å². The van der Waals surface area contributed by atoms with Gasteiger partial charge in [-0.1, -0.05) is 18.2 Å². The summed E-state index contributed by atoms with van der Waals surface area (Å²) in [5.74, 6) is 0.236. The third-order valence-electron chi connectivity index (χ3n) is 5.60. The molecule has 6 nitrogen and oxygen atoms in total. The maximum absolute atomic E-state index is 13.2. The van der Waals surface area contributed by atoms with Crippen LogP contribution in [0.3, 0.4) is 0 Å². The fourth-order valence-electron chi connectivity index (χ4n) is 4.14. The molecule has 1 N–H and O–H groups in total. The highest BCUT2D eigenvalue weighted by atomic mass is 35.5. The van der Waals surface area contributed by atoms with Gasteiger partial charge in [-0.2, -0.15) is 0 Å². The van der Waals surface area contributed by atoms with Crippen LogP contribution in [-0.2, 0) is 17.9 Å². The van der Waals surface area contributed by atoms with Gasteiger partial charge >= 0.3 is 0 Å². The molecular weight excluding hydrogens is 505 g/mol. The van der Waals surface area contributed by atoms with Gasteiger partial charge in [-0.3, -0.25) is 9.59 Å². The zero-order valence-corrected chi connectivity index (χ0v) is 22.7. The molecule has 2 heterocycles. The second-order valence-electron chi connectivity index (χ2n) is 8.39. The van der Waals surface area contributed by atoms with Gasteiger partial charge in [0.05, 0.1) is 17.0 Å². The smallest absolute Gasteiger partial charge is 0.267 e. The molecule has 35 heavy (non-hydrogen) atoms. The highest BCUT2D eigenvalue weighted by Gasteiger charge is 2.21. The lowest BCUT2D eigenvalue weighted by Crippen LogP contribution is -2.13. The zero-order chi connectivity index (χ0) is 23.7. The number of carbonyl (C=O) groups is 2. The largest absolute Gasteiger partial charge is 0.380 e. The Morgan fingerprint density at radius 2 is 1.80 bits per heavy atom. The van der Waals surface area contributed by atoms with Crippen LogP contribution in [0, 0.1) is 6.92 Å². The molecule has 0 radical (unpaired) electrons. The number of thiophene rings is 1. The molecular formula is C26H29Cl2N3O3S. The van der Waals surface area contributed by atoms with Crippen LogP contribution in [0.2, 0.25) is 0 Å². The van der Waals surface area contributed by atoms with E-state index in [4.69, 9.17) is 4.74 Å². The van der Waals surface area contributed by atoms with Crippen LogP contribution in [0.15, 0.2) is 42.5 Å². The van der Waals surface area contributed by atoms with E-state index in [1.807, 2.05) is 57.4 Å². The molecule has 0 spiro atoms. The van der Waals surface area contributed by atoms with Crippen molar-refractivity contribution in [1.29, 1.82) is 0 Å². The number of carbonyl (C=O) groups excluding carboxylic acids is 2. The molecule has 0 aliphatic rings. The Bertz CT molecular complexity index is 1390. The fraction of sp³-hybridized carbons (Fsp3) is 0.269. The highest BCUT2D eigenvalue weighted by molar-refractivity contribution is 7.21. The lowest BCUT2D eigenvalue weighted by atomic mass is 10.0. The summed E-state index contributed by atoms with van der Waals surface area (Å²) in [6.45, 7) is 4.68. The topological polar surface area (TPSA) is 71.5 Å². The molecule has 2 aromatic heterocycles. The second kappa shape index (κ2) is 11.9. The number of aromatic nitrogens is 1. The Morgan fingerprint density at radius 1 is 1.06 bits per heavy atom. The van der Waals surface area contributed by atoms with Crippen molar-refractivity contribution in [1.82, 2.24) is 9.88 Å². The van der Waals surface area contributed by atoms with Crippen LogP contribution in [0.4, 0.5) is 5.82 Å². The predicted octanol–water partition coefficient (Wildman–Crippen LogP) is 6.26. The number of halogens is 2. The molecule has 1 amide bonds. The van der Waals surface area contributed by atoms with E-state index in [2.05, 4.69) is 21.3 Å². The lowest BCUT2D eigenvalue weighted by Gasteiger charge is -2.12. The summed E-state index contributed by atoms with van der Waals surface area (Å²) >= 11 is 1.34. The minimum absolute atomic E-state index is 0. The Labute approximate surface area is 221 Å². The number of Topliss-reactive ketones (excluding diaryl/α,β-unsaturated/α-hetero) is 1. The summed E-state index contributed by atoms with van der Waals surface area (Å²) in [5, 5.41) is 4.93. The number of rotatable bonds is 7. The standard InChI is InChI=1S/C26H27N3O3S.2ClH/c1-15-23-18(14-32-5)9-10-19(16(2)30)25(23)33-24(15)26(31)28-22-12-11-20-17(13-29(3)4)7-6-8-21(20)27-22;;/h6-12H,13-14H2,1-5H3,(H,27,28,31);2*1H. The van der Waals surface area contributed by atoms with E-state index >= 15 is 0 Å². The van der Waals surface area contributed by atoms with E-state index in [0.717, 1.165) is 38.7 Å². The maximum Gasteiger partial charge on any atom is 0.267 e. The van der Waals surface area contributed by atoms with E-state index in [-0.39, 0.29) is 36.5 Å². The highest BCUT2D eigenvalue weighted by Crippen LogP contribution is 2.37. The molecule has 0 aliphatic carbocycles. The number of amides is 1. The van der Waals surface area contributed by atoms with Crippen LogP contribution >= 0.6 is 36.2 Å². The fourth-order valence-corrected chi connectivity index (χ4v) is 5.45. The first-order chi connectivity index (χ1) is 15.8. The number of benzene rings is 2. The molecule has 9 heteroatoms. The predicted molar refractivity (Wildman–Crippen MR) is 149 cm³/mol. The van der Waals surface area contributed by atoms with Crippen LogP contribution in [0.1, 0.15) is 43.6 Å². The number of ketones is 1. The second-order valence-corrected chi connectivity index (χ2v) is 9.41. The summed E-state index contributed by atoms with van der Waals surface area (Å²) in [4.78, 5) is 32.8. The van der Waals surface area contributed by atoms with Crippen LogP contribution in [-0.4, -0.2) is 42.8 Å². The summed E-state index contributed by atoms with van der Waals surface area (Å²) in [6, 6.07) is 13.6. The van der Waals surface area contributed by atoms with E-state index in [0.29, 0.717) is 22.9 Å². The minimum Gasteiger partial charge on any atom is -0.380 e. The van der Waals surface area contributed by atoms with E-state index < -0.39 is 0 Å². The monoisotopic (exact) mass is 533 g/mol. The van der Waals surface area contributed by atoms with Gasteiger partial charge < -0.3 is 15.0 Å². The quantitative estimate of drug-likeness (QED) is 0.283. The van der Waals surface area contributed by atoms with E-state index in [1.54, 1.807) is 14.0 Å². The average molecular weight is 535 g/mol. The van der Waals surface area contributed by atoms with Gasteiger partial charge in [-0.25, -0.2) is 4.98 Å². The summed E-state index contributed by atoms with van der Waals surface area (Å²) < 4.78 is 6.16. The zero-order valence-electron chi connectivity index (χ0n) is 20.3. The van der Waals surface area contributed by atoms with Crippen molar-refractivity contribution in [3.8, 4) is 0 Å². The molecule has 0 fully saturated rings. The molecule has 4 aromatic rings. The number of anilines is 1. The van der Waals surface area contributed by atoms with Crippen LogP contribution < -0.4 is 5.32 Å². The molecule has 0 saturated heterocycles. The molecule has 0 unspecified atom stereocenters. The number of aryl methyl sites for hydroxylation is 1. The third-order valence-corrected chi connectivity index (χ3v) is 6.92. The Morgan fingerprint density at radius 3 is 2.46 bits per heavy atom. The van der Waals surface area contributed by atoms with Crippen molar-refractivity contribution in [2.45, 2.75) is 27.0 Å². The SMILES string of the molecule is COCc1ccc(C(C)=O)c2sc(C(=O)Nc3ccc4c(CN(C)C)cccc4n3)c(C)c12.Cl.Cl. The Kier molecular flexibility index (Phi) is 9.77. The number of ether oxygens (including phenoxy) is 1. The molecule has 186 valence electrons. The number of nitrogens with one attached hydrogen (secondary N) is 1. The van der Waals surface area contributed by atoms with Crippen molar-refractivity contribution in [3.63, 3.8) is 0 Å². The van der Waals surface area contributed by atoms with Gasteiger partial charge in [0, 0.05) is 34.7 Å². The molecule has 0 bridgehead atoms. The van der Waals surface area contributed by atoms with Gasteiger partial charge in [-0.05, 0) is 68.9 Å². The molecule has 0 atom stereocenters. The van der Waals surface area contributed by atoms with Gasteiger partial charge in [0.2, 0.25) is 0 Å².